The van der Waals surface area contributed by atoms with Crippen LogP contribution in [0.2, 0.25) is 0 Å². The maximum atomic E-state index is 12.3. The van der Waals surface area contributed by atoms with Gasteiger partial charge in [0, 0.05) is 25.4 Å². The summed E-state index contributed by atoms with van der Waals surface area (Å²) >= 11 is 0. The van der Waals surface area contributed by atoms with E-state index in [9.17, 15) is 4.79 Å². The highest BCUT2D eigenvalue weighted by atomic mass is 16.5. The van der Waals surface area contributed by atoms with Crippen LogP contribution in [-0.4, -0.2) is 48.6 Å². The van der Waals surface area contributed by atoms with Gasteiger partial charge in [-0.25, -0.2) is 0 Å². The third-order valence-electron chi connectivity index (χ3n) is 3.95. The molecule has 0 radical (unpaired) electrons. The zero-order valence-electron chi connectivity index (χ0n) is 13.0. The molecule has 0 unspecified atom stereocenters. The second kappa shape index (κ2) is 7.98. The highest BCUT2D eigenvalue weighted by molar-refractivity contribution is 5.92. The Labute approximate surface area is 126 Å². The largest absolute Gasteiger partial charge is 0.493 e. The minimum Gasteiger partial charge on any atom is -0.493 e. The van der Waals surface area contributed by atoms with Crippen LogP contribution in [-0.2, 0) is 0 Å². The number of hydrogen-bond acceptors (Lipinski definition) is 4. The lowest BCUT2D eigenvalue weighted by Crippen LogP contribution is -2.31. The second-order valence-electron chi connectivity index (χ2n) is 5.36. The van der Waals surface area contributed by atoms with Gasteiger partial charge in [-0.2, -0.15) is 0 Å². The van der Waals surface area contributed by atoms with Gasteiger partial charge in [-0.15, -0.1) is 0 Å². The van der Waals surface area contributed by atoms with Crippen molar-refractivity contribution in [3.05, 3.63) is 24.0 Å². The molecule has 2 rings (SSSR count). The Morgan fingerprint density at radius 1 is 1.38 bits per heavy atom. The van der Waals surface area contributed by atoms with Crippen LogP contribution < -0.4 is 10.1 Å². The molecule has 0 aromatic carbocycles. The molecule has 0 aliphatic carbocycles. The van der Waals surface area contributed by atoms with Crippen molar-refractivity contribution in [2.45, 2.75) is 26.7 Å². The van der Waals surface area contributed by atoms with E-state index in [0.717, 1.165) is 31.7 Å². The van der Waals surface area contributed by atoms with Gasteiger partial charge in [0.2, 0.25) is 0 Å². The molecule has 1 aromatic rings. The number of hydrogen-bond donors (Lipinski definition) is 1. The van der Waals surface area contributed by atoms with E-state index in [1.807, 2.05) is 19.9 Å². The van der Waals surface area contributed by atoms with Crippen LogP contribution in [0, 0.1) is 5.92 Å². The fourth-order valence-electron chi connectivity index (χ4n) is 2.55. The summed E-state index contributed by atoms with van der Waals surface area (Å²) in [5.74, 6) is 1.30. The first-order valence-corrected chi connectivity index (χ1v) is 7.83. The fourth-order valence-corrected chi connectivity index (χ4v) is 2.55. The normalized spacial score (nSPS) is 15.7. The van der Waals surface area contributed by atoms with E-state index in [0.29, 0.717) is 31.3 Å². The quantitative estimate of drug-likeness (QED) is 0.870. The Morgan fingerprint density at radius 2 is 2.10 bits per heavy atom. The average Bonchev–Trinajstić information content (AvgIpc) is 2.55. The topological polar surface area (TPSA) is 54.5 Å². The molecule has 1 fully saturated rings. The highest BCUT2D eigenvalue weighted by Crippen LogP contribution is 2.17. The van der Waals surface area contributed by atoms with E-state index >= 15 is 0 Å². The molecule has 1 aliphatic heterocycles. The van der Waals surface area contributed by atoms with E-state index < -0.39 is 0 Å². The molecule has 0 saturated carbocycles. The number of piperidine rings is 1. The van der Waals surface area contributed by atoms with Crippen molar-refractivity contribution < 1.29 is 9.53 Å². The van der Waals surface area contributed by atoms with Gasteiger partial charge < -0.3 is 15.0 Å². The molecule has 5 heteroatoms. The van der Waals surface area contributed by atoms with Gasteiger partial charge in [-0.3, -0.25) is 9.78 Å². The summed E-state index contributed by atoms with van der Waals surface area (Å²) < 4.78 is 5.84. The molecule has 0 atom stereocenters. The van der Waals surface area contributed by atoms with Crippen molar-refractivity contribution in [2.24, 2.45) is 5.92 Å². The molecule has 1 aliphatic rings. The van der Waals surface area contributed by atoms with Crippen molar-refractivity contribution in [2.75, 3.05) is 32.8 Å². The number of ether oxygens (including phenoxy) is 1. The minimum atomic E-state index is -0.0349. The Bertz CT molecular complexity index is 455. The first-order valence-electron chi connectivity index (χ1n) is 7.83. The fraction of sp³-hybridized carbons (Fsp3) is 0.625. The lowest BCUT2D eigenvalue weighted by molar-refractivity contribution is 0.0766. The number of rotatable bonds is 6. The molecule has 116 valence electrons. The molecule has 2 heterocycles. The van der Waals surface area contributed by atoms with Crippen LogP contribution in [0.1, 0.15) is 37.2 Å². The molecule has 1 N–H and O–H groups in total. The maximum Gasteiger partial charge on any atom is 0.272 e. The summed E-state index contributed by atoms with van der Waals surface area (Å²) in [6.45, 7) is 8.17. The average molecular weight is 291 g/mol. The van der Waals surface area contributed by atoms with Crippen LogP contribution in [0.3, 0.4) is 0 Å². The van der Waals surface area contributed by atoms with E-state index in [2.05, 4.69) is 10.3 Å². The molecule has 0 bridgehead atoms. The monoisotopic (exact) mass is 291 g/mol. The smallest absolute Gasteiger partial charge is 0.272 e. The van der Waals surface area contributed by atoms with Gasteiger partial charge in [-0.05, 0) is 51.8 Å². The van der Waals surface area contributed by atoms with Gasteiger partial charge in [-0.1, -0.05) is 0 Å². The third kappa shape index (κ3) is 4.43. The van der Waals surface area contributed by atoms with Gasteiger partial charge >= 0.3 is 0 Å². The molecule has 1 amide bonds. The zero-order valence-corrected chi connectivity index (χ0v) is 13.0. The van der Waals surface area contributed by atoms with Crippen LogP contribution in [0.5, 0.6) is 5.75 Å². The summed E-state index contributed by atoms with van der Waals surface area (Å²) in [5, 5.41) is 3.35. The maximum absolute atomic E-state index is 12.3. The minimum absolute atomic E-state index is 0.0349. The summed E-state index contributed by atoms with van der Waals surface area (Å²) in [6, 6.07) is 3.57. The van der Waals surface area contributed by atoms with E-state index in [4.69, 9.17) is 4.74 Å². The predicted molar refractivity (Wildman–Crippen MR) is 82.6 cm³/mol. The van der Waals surface area contributed by atoms with E-state index in [1.165, 1.54) is 0 Å². The second-order valence-corrected chi connectivity index (χ2v) is 5.36. The number of carbonyl (C=O) groups is 1. The van der Waals surface area contributed by atoms with Crippen LogP contribution in [0.25, 0.3) is 0 Å². The highest BCUT2D eigenvalue weighted by Gasteiger charge is 2.16. The molecule has 1 saturated heterocycles. The molecule has 21 heavy (non-hydrogen) atoms. The van der Waals surface area contributed by atoms with Crippen molar-refractivity contribution in [3.63, 3.8) is 0 Å². The number of pyridine rings is 1. The first kappa shape index (κ1) is 15.8. The standard InChI is InChI=1S/C16H25N3O2/c1-3-19(4-2)16(20)15-11-14(7-10-18-15)21-12-13-5-8-17-9-6-13/h7,10-11,13,17H,3-6,8-9,12H2,1-2H3. The van der Waals surface area contributed by atoms with E-state index in [-0.39, 0.29) is 5.91 Å². The van der Waals surface area contributed by atoms with Crippen molar-refractivity contribution in [1.82, 2.24) is 15.2 Å². The lowest BCUT2D eigenvalue weighted by Gasteiger charge is -2.23. The first-order chi connectivity index (χ1) is 10.2. The predicted octanol–water partition coefficient (Wildman–Crippen LogP) is 1.94. The lowest BCUT2D eigenvalue weighted by atomic mass is 9.99. The van der Waals surface area contributed by atoms with Crippen molar-refractivity contribution >= 4 is 5.91 Å². The zero-order chi connectivity index (χ0) is 15.1. The van der Waals surface area contributed by atoms with Gasteiger partial charge in [0.1, 0.15) is 11.4 Å². The number of amides is 1. The summed E-state index contributed by atoms with van der Waals surface area (Å²) in [6.07, 6.45) is 3.95. The Morgan fingerprint density at radius 3 is 2.76 bits per heavy atom. The molecule has 0 spiro atoms. The van der Waals surface area contributed by atoms with Gasteiger partial charge in [0.25, 0.3) is 5.91 Å². The summed E-state index contributed by atoms with van der Waals surface area (Å²) in [5.41, 5.74) is 0.460. The number of nitrogens with zero attached hydrogens (tertiary/aromatic N) is 2. The number of nitrogens with one attached hydrogen (secondary N) is 1. The molecular weight excluding hydrogens is 266 g/mol. The Balaban J connectivity index is 1.95. The van der Waals surface area contributed by atoms with Crippen LogP contribution >= 0.6 is 0 Å². The third-order valence-corrected chi connectivity index (χ3v) is 3.95. The van der Waals surface area contributed by atoms with Crippen LogP contribution in [0.4, 0.5) is 0 Å². The number of aromatic nitrogens is 1. The Hall–Kier alpha value is -1.62. The molecular formula is C16H25N3O2. The van der Waals surface area contributed by atoms with Crippen molar-refractivity contribution in [1.29, 1.82) is 0 Å². The van der Waals surface area contributed by atoms with E-state index in [1.54, 1.807) is 17.2 Å². The van der Waals surface area contributed by atoms with Crippen molar-refractivity contribution in [3.8, 4) is 5.75 Å². The molecule has 1 aromatic heterocycles. The van der Waals surface area contributed by atoms with Crippen LogP contribution in [0.15, 0.2) is 18.3 Å². The summed E-state index contributed by atoms with van der Waals surface area (Å²) in [7, 11) is 0. The Kier molecular flexibility index (Phi) is 5.99. The SMILES string of the molecule is CCN(CC)C(=O)c1cc(OCC2CCNCC2)ccn1. The number of carbonyl (C=O) groups excluding carboxylic acids is 1. The summed E-state index contributed by atoms with van der Waals surface area (Å²) in [4.78, 5) is 18.2. The molecule has 5 nitrogen and oxygen atoms in total. The van der Waals surface area contributed by atoms with Gasteiger partial charge in [0.15, 0.2) is 0 Å². The van der Waals surface area contributed by atoms with Gasteiger partial charge in [0.05, 0.1) is 6.61 Å².